The van der Waals surface area contributed by atoms with Gasteiger partial charge in [-0.3, -0.25) is 9.59 Å². The summed E-state index contributed by atoms with van der Waals surface area (Å²) in [7, 11) is 0. The Kier molecular flexibility index (Phi) is 6.46. The molecule has 0 aliphatic rings. The minimum absolute atomic E-state index is 0.0467. The first-order valence-electron chi connectivity index (χ1n) is 7.55. The van der Waals surface area contributed by atoms with Crippen LogP contribution in [0.3, 0.4) is 0 Å². The van der Waals surface area contributed by atoms with Gasteiger partial charge in [0.25, 0.3) is 11.1 Å². The van der Waals surface area contributed by atoms with Gasteiger partial charge in [0.2, 0.25) is 0 Å². The van der Waals surface area contributed by atoms with Crippen LogP contribution < -0.4 is 5.32 Å². The third-order valence-corrected chi connectivity index (χ3v) is 4.10. The van der Waals surface area contributed by atoms with Crippen molar-refractivity contribution in [3.8, 4) is 0 Å². The number of carbonyl (C=O) groups excluding carboxylic acids is 2. The van der Waals surface area contributed by atoms with Crippen molar-refractivity contribution in [2.75, 3.05) is 12.4 Å². The number of benzene rings is 1. The van der Waals surface area contributed by atoms with Crippen molar-refractivity contribution in [3.05, 3.63) is 24.3 Å². The normalized spacial score (nSPS) is 10.9. The lowest BCUT2D eigenvalue weighted by atomic mass is 10.2. The fourth-order valence-electron chi connectivity index (χ4n) is 1.98. The number of para-hydroxylation sites is 2. The second-order valence-corrected chi connectivity index (χ2v) is 5.90. The number of nitrogens with one attached hydrogen (secondary N) is 1. The Hall–Kier alpha value is -2.02. The quantitative estimate of drug-likeness (QED) is 0.590. The summed E-state index contributed by atoms with van der Waals surface area (Å²) in [4.78, 5) is 27.6. The highest BCUT2D eigenvalue weighted by Gasteiger charge is 2.13. The lowest BCUT2D eigenvalue weighted by Crippen LogP contribution is -2.37. The molecule has 0 spiro atoms. The van der Waals surface area contributed by atoms with Gasteiger partial charge in [-0.05, 0) is 25.0 Å². The van der Waals surface area contributed by atoms with Gasteiger partial charge in [0.15, 0.2) is 12.2 Å². The summed E-state index contributed by atoms with van der Waals surface area (Å²) in [6.07, 6.45) is 1.70. The maximum atomic E-state index is 11.7. The lowest BCUT2D eigenvalue weighted by molar-refractivity contribution is -0.146. The molecule has 0 saturated carbocycles. The number of thioether (sulfide) groups is 1. The summed E-state index contributed by atoms with van der Waals surface area (Å²) in [5, 5.41) is 3.22. The van der Waals surface area contributed by atoms with E-state index >= 15 is 0 Å². The number of hydrogen-bond donors (Lipinski definition) is 1. The van der Waals surface area contributed by atoms with E-state index in [0.29, 0.717) is 10.8 Å². The van der Waals surface area contributed by atoms with Crippen LogP contribution >= 0.6 is 11.8 Å². The van der Waals surface area contributed by atoms with Gasteiger partial charge in [0, 0.05) is 6.04 Å². The molecule has 2 aromatic rings. The second kappa shape index (κ2) is 8.57. The van der Waals surface area contributed by atoms with Crippen LogP contribution in [0.15, 0.2) is 33.9 Å². The number of fused-ring (bicyclic) bond motifs is 1. The van der Waals surface area contributed by atoms with Crippen molar-refractivity contribution in [2.45, 2.75) is 38.0 Å². The molecular formula is C16H20N2O4S. The second-order valence-electron chi connectivity index (χ2n) is 4.98. The third-order valence-electron chi connectivity index (χ3n) is 3.30. The van der Waals surface area contributed by atoms with Gasteiger partial charge < -0.3 is 14.5 Å². The van der Waals surface area contributed by atoms with Crippen LogP contribution in [0.25, 0.3) is 11.1 Å². The average molecular weight is 336 g/mol. The van der Waals surface area contributed by atoms with Gasteiger partial charge in [0.1, 0.15) is 11.3 Å². The summed E-state index contributed by atoms with van der Waals surface area (Å²) < 4.78 is 10.4. The number of esters is 1. The fourth-order valence-corrected chi connectivity index (χ4v) is 2.62. The maximum Gasteiger partial charge on any atom is 0.316 e. The van der Waals surface area contributed by atoms with Gasteiger partial charge in [-0.25, -0.2) is 4.98 Å². The van der Waals surface area contributed by atoms with E-state index in [-0.39, 0.29) is 24.3 Å². The minimum atomic E-state index is -0.475. The Morgan fingerprint density at radius 1 is 1.30 bits per heavy atom. The Morgan fingerprint density at radius 3 is 2.74 bits per heavy atom. The first-order valence-corrected chi connectivity index (χ1v) is 8.54. The van der Waals surface area contributed by atoms with E-state index in [2.05, 4.69) is 10.3 Å². The van der Waals surface area contributed by atoms with E-state index in [4.69, 9.17) is 9.15 Å². The average Bonchev–Trinajstić information content (AvgIpc) is 2.98. The molecule has 23 heavy (non-hydrogen) atoms. The predicted octanol–water partition coefficient (Wildman–Crippen LogP) is 2.77. The molecular weight excluding hydrogens is 316 g/mol. The van der Waals surface area contributed by atoms with Crippen molar-refractivity contribution in [2.24, 2.45) is 0 Å². The smallest absolute Gasteiger partial charge is 0.316 e. The molecule has 6 nitrogen and oxygen atoms in total. The van der Waals surface area contributed by atoms with Gasteiger partial charge in [-0.2, -0.15) is 0 Å². The van der Waals surface area contributed by atoms with Crippen molar-refractivity contribution >= 4 is 34.7 Å². The molecule has 124 valence electrons. The number of aromatic nitrogens is 1. The Bertz CT molecular complexity index is 634. The Morgan fingerprint density at radius 2 is 2.04 bits per heavy atom. The van der Waals surface area contributed by atoms with E-state index < -0.39 is 5.97 Å². The zero-order valence-electron chi connectivity index (χ0n) is 13.2. The zero-order valence-corrected chi connectivity index (χ0v) is 14.0. The molecule has 0 radical (unpaired) electrons. The monoisotopic (exact) mass is 336 g/mol. The first-order chi connectivity index (χ1) is 11.1. The van der Waals surface area contributed by atoms with Crippen LogP contribution in [0.1, 0.15) is 26.7 Å². The molecule has 7 heteroatoms. The summed E-state index contributed by atoms with van der Waals surface area (Å²) in [5.41, 5.74) is 1.42. The Labute approximate surface area is 139 Å². The van der Waals surface area contributed by atoms with Crippen molar-refractivity contribution in [3.63, 3.8) is 0 Å². The van der Waals surface area contributed by atoms with Crippen LogP contribution in [0.4, 0.5) is 0 Å². The molecule has 0 fully saturated rings. The summed E-state index contributed by atoms with van der Waals surface area (Å²) in [6.45, 7) is 3.73. The molecule has 1 amide bonds. The minimum Gasteiger partial charge on any atom is -0.455 e. The highest BCUT2D eigenvalue weighted by Crippen LogP contribution is 2.22. The highest BCUT2D eigenvalue weighted by molar-refractivity contribution is 7.99. The molecule has 0 aliphatic carbocycles. The zero-order chi connectivity index (χ0) is 16.7. The molecule has 0 unspecified atom stereocenters. The lowest BCUT2D eigenvalue weighted by Gasteiger charge is -2.14. The highest BCUT2D eigenvalue weighted by atomic mass is 32.2. The number of amides is 1. The molecule has 0 saturated heterocycles. The molecule has 0 bridgehead atoms. The number of carbonyl (C=O) groups is 2. The van der Waals surface area contributed by atoms with Crippen LogP contribution in [0.2, 0.25) is 0 Å². The van der Waals surface area contributed by atoms with E-state index in [9.17, 15) is 9.59 Å². The van der Waals surface area contributed by atoms with E-state index in [1.807, 2.05) is 38.1 Å². The number of rotatable bonds is 8. The van der Waals surface area contributed by atoms with E-state index in [1.165, 1.54) is 0 Å². The van der Waals surface area contributed by atoms with Crippen LogP contribution in [-0.4, -0.2) is 35.3 Å². The van der Waals surface area contributed by atoms with Gasteiger partial charge >= 0.3 is 5.97 Å². The van der Waals surface area contributed by atoms with Gasteiger partial charge in [0.05, 0.1) is 0 Å². The standard InChI is InChI=1S/C16H20N2O4S/c1-3-11(4-2)17-14(19)9-21-15(20)10-23-16-18-12-7-5-6-8-13(12)22-16/h5-8,11H,3-4,9-10H2,1-2H3,(H,17,19). The molecule has 1 N–H and O–H groups in total. The van der Waals surface area contributed by atoms with Crippen LogP contribution in [0.5, 0.6) is 0 Å². The summed E-state index contributed by atoms with van der Waals surface area (Å²) in [6, 6.07) is 7.49. The maximum absolute atomic E-state index is 11.7. The molecule has 1 aromatic carbocycles. The Balaban J connectivity index is 1.73. The number of hydrogen-bond acceptors (Lipinski definition) is 6. The largest absolute Gasteiger partial charge is 0.455 e. The van der Waals surface area contributed by atoms with Crippen LogP contribution in [0, 0.1) is 0 Å². The molecule has 1 heterocycles. The summed E-state index contributed by atoms with van der Waals surface area (Å²) in [5.74, 6) is -0.707. The third kappa shape index (κ3) is 5.28. The van der Waals surface area contributed by atoms with Gasteiger partial charge in [-0.15, -0.1) is 0 Å². The van der Waals surface area contributed by atoms with Gasteiger partial charge in [-0.1, -0.05) is 37.7 Å². The van der Waals surface area contributed by atoms with E-state index in [0.717, 1.165) is 30.1 Å². The van der Waals surface area contributed by atoms with Crippen LogP contribution in [-0.2, 0) is 14.3 Å². The molecule has 2 rings (SSSR count). The topological polar surface area (TPSA) is 81.4 Å². The number of nitrogens with zero attached hydrogens (tertiary/aromatic N) is 1. The SMILES string of the molecule is CCC(CC)NC(=O)COC(=O)CSc1nc2ccccc2o1. The predicted molar refractivity (Wildman–Crippen MR) is 88.2 cm³/mol. The number of ether oxygens (including phenoxy) is 1. The fraction of sp³-hybridized carbons (Fsp3) is 0.438. The van der Waals surface area contributed by atoms with Crippen molar-refractivity contribution < 1.29 is 18.7 Å². The summed E-state index contributed by atoms with van der Waals surface area (Å²) >= 11 is 1.14. The first kappa shape index (κ1) is 17.3. The van der Waals surface area contributed by atoms with E-state index in [1.54, 1.807) is 0 Å². The van der Waals surface area contributed by atoms with Crippen molar-refractivity contribution in [1.82, 2.24) is 10.3 Å². The molecule has 0 aliphatic heterocycles. The van der Waals surface area contributed by atoms with Crippen molar-refractivity contribution in [1.29, 1.82) is 0 Å². The number of oxazole rings is 1. The molecule has 1 aromatic heterocycles. The molecule has 0 atom stereocenters.